The molecule has 20 heavy (non-hydrogen) atoms. The van der Waals surface area contributed by atoms with Gasteiger partial charge in [-0.3, -0.25) is 0 Å². The summed E-state index contributed by atoms with van der Waals surface area (Å²) >= 11 is 4.11. The monoisotopic (exact) mass is 320 g/mol. The second-order valence-electron chi connectivity index (χ2n) is 4.05. The largest absolute Gasteiger partial charge is 0.500 e. The molecule has 116 valence electrons. The number of hydrogen-bond donors (Lipinski definition) is 1. The molecule has 7 nitrogen and oxygen atoms in total. The predicted molar refractivity (Wildman–Crippen MR) is 80.6 cm³/mol. The second-order valence-corrected chi connectivity index (χ2v) is 7.09. The minimum atomic E-state index is -2.56. The van der Waals surface area contributed by atoms with Gasteiger partial charge in [-0.15, -0.1) is 10.2 Å². The molecular weight excluding hydrogens is 296 g/mol. The molecule has 1 rings (SSSR count). The Kier molecular flexibility index (Phi) is 8.30. The number of tetrazole rings is 1. The molecule has 1 aromatic rings. The molecule has 1 aromatic heterocycles. The van der Waals surface area contributed by atoms with E-state index in [0.717, 1.165) is 12.5 Å². The van der Waals surface area contributed by atoms with E-state index in [-0.39, 0.29) is 0 Å². The molecule has 0 atom stereocenters. The van der Waals surface area contributed by atoms with E-state index in [1.54, 1.807) is 4.80 Å². The van der Waals surface area contributed by atoms with Crippen LogP contribution in [0.2, 0.25) is 6.04 Å². The second kappa shape index (κ2) is 9.45. The molecule has 0 aliphatic carbocycles. The van der Waals surface area contributed by atoms with Gasteiger partial charge < -0.3 is 13.3 Å². The Bertz CT molecular complexity index is 363. The Morgan fingerprint density at radius 1 is 1.10 bits per heavy atom. The number of aryl methyl sites for hydroxylation is 1. The van der Waals surface area contributed by atoms with E-state index < -0.39 is 8.80 Å². The lowest BCUT2D eigenvalue weighted by molar-refractivity contribution is 0.0703. The molecule has 9 heteroatoms. The van der Waals surface area contributed by atoms with Crippen molar-refractivity contribution in [2.45, 2.75) is 45.5 Å². The average Bonchev–Trinajstić information content (AvgIpc) is 2.88. The molecule has 0 spiro atoms. The summed E-state index contributed by atoms with van der Waals surface area (Å²) < 4.78 is 17.4. The zero-order chi connectivity index (χ0) is 14.8. The van der Waals surface area contributed by atoms with Crippen molar-refractivity contribution in [2.75, 3.05) is 19.8 Å². The van der Waals surface area contributed by atoms with Gasteiger partial charge in [0.05, 0.1) is 12.3 Å². The van der Waals surface area contributed by atoms with Gasteiger partial charge in [-0.05, 0) is 32.4 Å². The van der Waals surface area contributed by atoms with E-state index in [4.69, 9.17) is 13.3 Å². The summed E-state index contributed by atoms with van der Waals surface area (Å²) in [7, 11) is -2.56. The van der Waals surface area contributed by atoms with Gasteiger partial charge in [-0.1, -0.05) is 0 Å². The van der Waals surface area contributed by atoms with Gasteiger partial charge in [-0.25, -0.2) is 0 Å². The van der Waals surface area contributed by atoms with Crippen LogP contribution >= 0.6 is 12.6 Å². The minimum Gasteiger partial charge on any atom is -0.374 e. The van der Waals surface area contributed by atoms with Crippen molar-refractivity contribution < 1.29 is 13.3 Å². The smallest absolute Gasteiger partial charge is 0.374 e. The van der Waals surface area contributed by atoms with Crippen LogP contribution in [0.1, 0.15) is 33.0 Å². The normalized spacial score (nSPS) is 12.0. The number of hydrogen-bond acceptors (Lipinski definition) is 7. The Hall–Kier alpha value is -0.483. The van der Waals surface area contributed by atoms with E-state index in [1.165, 1.54) is 0 Å². The maximum absolute atomic E-state index is 5.79. The summed E-state index contributed by atoms with van der Waals surface area (Å²) in [5, 5.41) is 12.0. The highest BCUT2D eigenvalue weighted by Crippen LogP contribution is 2.18. The van der Waals surface area contributed by atoms with Crippen LogP contribution in [0.3, 0.4) is 0 Å². The molecule has 1 heterocycles. The highest BCUT2D eigenvalue weighted by Gasteiger charge is 2.39. The Morgan fingerprint density at radius 3 is 2.15 bits per heavy atom. The average molecular weight is 320 g/mol. The standard InChI is InChI=1S/C11H24N4O3SSi/c1-4-16-20(17-5-2,18-6-3)9-7-8-15-13-11(10-19)12-14-15/h19H,4-10H2,1-3H3. The van der Waals surface area contributed by atoms with Gasteiger partial charge >= 0.3 is 8.80 Å². The van der Waals surface area contributed by atoms with Crippen molar-refractivity contribution in [1.29, 1.82) is 0 Å². The first-order valence-corrected chi connectivity index (χ1v) is 9.55. The first kappa shape index (κ1) is 17.6. The Balaban J connectivity index is 2.51. The van der Waals surface area contributed by atoms with Crippen LogP contribution in [0.4, 0.5) is 0 Å². The summed E-state index contributed by atoms with van der Waals surface area (Å²) in [6.45, 7) is 8.32. The predicted octanol–water partition coefficient (Wildman–Crippen LogP) is 1.54. The van der Waals surface area contributed by atoms with Crippen LogP contribution in [0.25, 0.3) is 0 Å². The van der Waals surface area contributed by atoms with Gasteiger partial charge in [0.25, 0.3) is 0 Å². The summed E-state index contributed by atoms with van der Waals surface area (Å²) in [4.78, 5) is 1.58. The highest BCUT2D eigenvalue weighted by molar-refractivity contribution is 7.79. The van der Waals surface area contributed by atoms with E-state index >= 15 is 0 Å². The topological polar surface area (TPSA) is 71.3 Å². The zero-order valence-electron chi connectivity index (χ0n) is 12.4. The zero-order valence-corrected chi connectivity index (χ0v) is 14.3. The van der Waals surface area contributed by atoms with Crippen LogP contribution in [-0.4, -0.2) is 48.8 Å². The van der Waals surface area contributed by atoms with Crippen molar-refractivity contribution in [3.8, 4) is 0 Å². The fraction of sp³-hybridized carbons (Fsp3) is 0.909. The van der Waals surface area contributed by atoms with Crippen LogP contribution in [0, 0.1) is 0 Å². The SMILES string of the molecule is CCO[Si](CCCn1nnc(CS)n1)(OCC)OCC. The Labute approximate surface area is 126 Å². The van der Waals surface area contributed by atoms with Gasteiger partial charge in [0.1, 0.15) is 0 Å². The van der Waals surface area contributed by atoms with Gasteiger partial charge in [0.2, 0.25) is 0 Å². The lowest BCUT2D eigenvalue weighted by Gasteiger charge is -2.28. The maximum atomic E-state index is 5.79. The van der Waals surface area contributed by atoms with E-state index in [9.17, 15) is 0 Å². The van der Waals surface area contributed by atoms with Crippen molar-refractivity contribution in [1.82, 2.24) is 20.2 Å². The van der Waals surface area contributed by atoms with Crippen molar-refractivity contribution in [3.05, 3.63) is 5.82 Å². The van der Waals surface area contributed by atoms with Crippen molar-refractivity contribution >= 4 is 21.4 Å². The first-order valence-electron chi connectivity index (χ1n) is 6.99. The van der Waals surface area contributed by atoms with Crippen LogP contribution in [0.15, 0.2) is 0 Å². The molecule has 0 radical (unpaired) electrons. The number of aromatic nitrogens is 4. The molecule has 0 aromatic carbocycles. The fourth-order valence-corrected chi connectivity index (χ4v) is 4.59. The third kappa shape index (κ3) is 5.48. The molecule has 0 saturated carbocycles. The summed E-state index contributed by atoms with van der Waals surface area (Å²) in [6.07, 6.45) is 0.828. The van der Waals surface area contributed by atoms with Crippen LogP contribution < -0.4 is 0 Å². The van der Waals surface area contributed by atoms with E-state index in [2.05, 4.69) is 28.0 Å². The van der Waals surface area contributed by atoms with Crippen molar-refractivity contribution in [2.24, 2.45) is 0 Å². The number of rotatable bonds is 11. The third-order valence-electron chi connectivity index (χ3n) is 2.57. The number of nitrogens with zero attached hydrogens (tertiary/aromatic N) is 4. The summed E-state index contributed by atoms with van der Waals surface area (Å²) in [6, 6.07) is 0.750. The molecule has 0 fully saturated rings. The van der Waals surface area contributed by atoms with E-state index in [0.29, 0.717) is 37.9 Å². The molecule has 0 aliphatic rings. The molecule has 0 unspecified atom stereocenters. The Morgan fingerprint density at radius 2 is 1.70 bits per heavy atom. The van der Waals surface area contributed by atoms with Gasteiger partial charge in [-0.2, -0.15) is 17.4 Å². The minimum absolute atomic E-state index is 0.496. The lowest BCUT2D eigenvalue weighted by atomic mass is 10.5. The van der Waals surface area contributed by atoms with Crippen molar-refractivity contribution in [3.63, 3.8) is 0 Å². The molecule has 0 bridgehead atoms. The molecule has 0 N–H and O–H groups in total. The summed E-state index contributed by atoms with van der Waals surface area (Å²) in [5.74, 6) is 1.13. The van der Waals surface area contributed by atoms with Crippen LogP contribution in [-0.2, 0) is 25.6 Å². The third-order valence-corrected chi connectivity index (χ3v) is 6.00. The first-order chi connectivity index (χ1) is 9.69. The van der Waals surface area contributed by atoms with Gasteiger partial charge in [0.15, 0.2) is 5.82 Å². The molecular formula is C11H24N4O3SSi. The number of thiol groups is 1. The molecule has 0 saturated heterocycles. The quantitative estimate of drug-likeness (QED) is 0.493. The molecule has 0 amide bonds. The van der Waals surface area contributed by atoms with Gasteiger partial charge in [0, 0.05) is 25.9 Å². The maximum Gasteiger partial charge on any atom is 0.500 e. The molecule has 0 aliphatic heterocycles. The van der Waals surface area contributed by atoms with Crippen LogP contribution in [0.5, 0.6) is 0 Å². The highest BCUT2D eigenvalue weighted by atomic mass is 32.1. The lowest BCUT2D eigenvalue weighted by Crippen LogP contribution is -2.46. The summed E-state index contributed by atoms with van der Waals surface area (Å²) in [5.41, 5.74) is 0. The fourth-order valence-electron chi connectivity index (χ4n) is 1.87. The van der Waals surface area contributed by atoms with E-state index in [1.807, 2.05) is 20.8 Å².